The molecule has 1 heterocycles. The highest BCUT2D eigenvalue weighted by Crippen LogP contribution is 2.57. The van der Waals surface area contributed by atoms with Gasteiger partial charge in [0.2, 0.25) is 5.91 Å². The Morgan fingerprint density at radius 3 is 2.52 bits per heavy atom. The van der Waals surface area contributed by atoms with Crippen molar-refractivity contribution in [2.45, 2.75) is 77.0 Å². The number of nitrogens with two attached hydrogens (primary N) is 1. The first kappa shape index (κ1) is 15.3. The molecule has 120 valence electrons. The van der Waals surface area contributed by atoms with Gasteiger partial charge in [0.15, 0.2) is 0 Å². The van der Waals surface area contributed by atoms with Crippen LogP contribution in [0.4, 0.5) is 0 Å². The first-order chi connectivity index (χ1) is 9.87. The summed E-state index contributed by atoms with van der Waals surface area (Å²) >= 11 is 0. The van der Waals surface area contributed by atoms with E-state index in [9.17, 15) is 4.79 Å². The zero-order valence-corrected chi connectivity index (χ0v) is 13.7. The molecular formula is C17H30N2O2. The minimum Gasteiger partial charge on any atom is -0.377 e. The van der Waals surface area contributed by atoms with Crippen molar-refractivity contribution in [2.75, 3.05) is 6.61 Å². The Balaban J connectivity index is 1.68. The third-order valence-corrected chi connectivity index (χ3v) is 6.41. The molecule has 3 aliphatic rings. The molecule has 3 N–H and O–H groups in total. The number of nitrogens with one attached hydrogen (secondary N) is 1. The van der Waals surface area contributed by atoms with Gasteiger partial charge in [-0.25, -0.2) is 0 Å². The summed E-state index contributed by atoms with van der Waals surface area (Å²) in [5.74, 6) is 1.03. The Morgan fingerprint density at radius 1 is 1.19 bits per heavy atom. The second-order valence-corrected chi connectivity index (χ2v) is 8.06. The molecule has 2 saturated carbocycles. The molecule has 4 nitrogen and oxygen atoms in total. The zero-order chi connectivity index (χ0) is 15.3. The molecule has 1 amide bonds. The lowest BCUT2D eigenvalue weighted by atomic mass is 9.46. The van der Waals surface area contributed by atoms with Crippen molar-refractivity contribution in [3.05, 3.63) is 0 Å². The minimum atomic E-state index is -0.763. The molecule has 0 spiro atoms. The third kappa shape index (κ3) is 2.22. The highest BCUT2D eigenvalue weighted by molar-refractivity contribution is 5.89. The molecule has 2 aliphatic carbocycles. The SMILES string of the molecule is CC1CCC(NC(=O)C2(N)C3CCCOC3C2(C)C)CC1. The second kappa shape index (κ2) is 5.24. The second-order valence-electron chi connectivity index (χ2n) is 8.06. The lowest BCUT2D eigenvalue weighted by Gasteiger charge is -2.65. The lowest BCUT2D eigenvalue weighted by molar-refractivity contribution is -0.225. The summed E-state index contributed by atoms with van der Waals surface area (Å²) in [6, 6.07) is 0.313. The standard InChI is InChI=1S/C17H30N2O2/c1-11-6-8-12(9-7-11)19-15(20)17(18)13-5-4-10-21-14(13)16(17,2)3/h11-14H,4-10,18H2,1-3H3,(H,19,20). The molecule has 1 saturated heterocycles. The van der Waals surface area contributed by atoms with E-state index in [-0.39, 0.29) is 23.3 Å². The molecule has 0 radical (unpaired) electrons. The summed E-state index contributed by atoms with van der Waals surface area (Å²) in [7, 11) is 0. The third-order valence-electron chi connectivity index (χ3n) is 6.41. The topological polar surface area (TPSA) is 64.4 Å². The molecule has 0 aromatic rings. The van der Waals surface area contributed by atoms with Crippen molar-refractivity contribution < 1.29 is 9.53 Å². The van der Waals surface area contributed by atoms with Crippen molar-refractivity contribution >= 4 is 5.91 Å². The smallest absolute Gasteiger partial charge is 0.241 e. The molecular weight excluding hydrogens is 264 g/mol. The molecule has 3 rings (SSSR count). The predicted octanol–water partition coefficient (Wildman–Crippen LogP) is 2.21. The maximum absolute atomic E-state index is 12.9. The largest absolute Gasteiger partial charge is 0.377 e. The lowest BCUT2D eigenvalue weighted by Crippen LogP contribution is -2.82. The van der Waals surface area contributed by atoms with Crippen molar-refractivity contribution in [2.24, 2.45) is 23.0 Å². The van der Waals surface area contributed by atoms with E-state index in [0.717, 1.165) is 38.2 Å². The Kier molecular flexibility index (Phi) is 3.81. The molecule has 3 atom stereocenters. The predicted molar refractivity (Wildman–Crippen MR) is 82.7 cm³/mol. The van der Waals surface area contributed by atoms with Crippen LogP contribution in [0.2, 0.25) is 0 Å². The number of carbonyl (C=O) groups excluding carboxylic acids is 1. The number of amides is 1. The van der Waals surface area contributed by atoms with Crippen molar-refractivity contribution in [3.8, 4) is 0 Å². The van der Waals surface area contributed by atoms with Gasteiger partial charge >= 0.3 is 0 Å². The van der Waals surface area contributed by atoms with Crippen LogP contribution in [0.25, 0.3) is 0 Å². The van der Waals surface area contributed by atoms with E-state index in [0.29, 0.717) is 6.04 Å². The molecule has 0 bridgehead atoms. The van der Waals surface area contributed by atoms with Crippen LogP contribution in [0.15, 0.2) is 0 Å². The van der Waals surface area contributed by atoms with E-state index < -0.39 is 5.54 Å². The first-order valence-electron chi connectivity index (χ1n) is 8.59. The number of ether oxygens (including phenoxy) is 1. The number of carbonyl (C=O) groups is 1. The Labute approximate surface area is 128 Å². The average Bonchev–Trinajstić information content (AvgIpc) is 2.48. The van der Waals surface area contributed by atoms with Gasteiger partial charge in [-0.2, -0.15) is 0 Å². The molecule has 4 heteroatoms. The Bertz CT molecular complexity index is 415. The van der Waals surface area contributed by atoms with Crippen LogP contribution in [-0.4, -0.2) is 30.2 Å². The van der Waals surface area contributed by atoms with Gasteiger partial charge in [-0.3, -0.25) is 4.79 Å². The molecule has 21 heavy (non-hydrogen) atoms. The first-order valence-corrected chi connectivity index (χ1v) is 8.59. The molecule has 3 fully saturated rings. The number of hydrogen-bond donors (Lipinski definition) is 2. The summed E-state index contributed by atoms with van der Waals surface area (Å²) in [4.78, 5) is 12.9. The van der Waals surface area contributed by atoms with Crippen LogP contribution in [-0.2, 0) is 9.53 Å². The van der Waals surface area contributed by atoms with Gasteiger partial charge in [0.1, 0.15) is 5.54 Å². The number of rotatable bonds is 2. The van der Waals surface area contributed by atoms with Crippen molar-refractivity contribution in [1.29, 1.82) is 0 Å². The number of fused-ring (bicyclic) bond motifs is 1. The van der Waals surface area contributed by atoms with E-state index in [2.05, 4.69) is 26.1 Å². The van der Waals surface area contributed by atoms with Gasteiger partial charge in [0, 0.05) is 24.0 Å². The van der Waals surface area contributed by atoms with Gasteiger partial charge in [-0.05, 0) is 44.4 Å². The molecule has 0 aromatic carbocycles. The summed E-state index contributed by atoms with van der Waals surface area (Å²) in [6.07, 6.45) is 6.78. The van der Waals surface area contributed by atoms with Crippen LogP contribution in [0.5, 0.6) is 0 Å². The van der Waals surface area contributed by atoms with Gasteiger partial charge < -0.3 is 15.8 Å². The van der Waals surface area contributed by atoms with E-state index in [1.807, 2.05) is 0 Å². The fourth-order valence-electron chi connectivity index (χ4n) is 4.75. The van der Waals surface area contributed by atoms with Crippen LogP contribution in [0, 0.1) is 17.3 Å². The van der Waals surface area contributed by atoms with Gasteiger partial charge in [-0.15, -0.1) is 0 Å². The minimum absolute atomic E-state index is 0.0544. The fourth-order valence-corrected chi connectivity index (χ4v) is 4.75. The van der Waals surface area contributed by atoms with Crippen LogP contribution in [0.1, 0.15) is 59.3 Å². The highest BCUT2D eigenvalue weighted by Gasteiger charge is 2.70. The monoisotopic (exact) mass is 294 g/mol. The molecule has 1 aliphatic heterocycles. The summed E-state index contributed by atoms with van der Waals surface area (Å²) in [6.45, 7) is 7.27. The van der Waals surface area contributed by atoms with E-state index >= 15 is 0 Å². The highest BCUT2D eigenvalue weighted by atomic mass is 16.5. The van der Waals surface area contributed by atoms with E-state index in [1.165, 1.54) is 12.8 Å². The van der Waals surface area contributed by atoms with E-state index in [1.54, 1.807) is 0 Å². The summed E-state index contributed by atoms with van der Waals surface area (Å²) in [5, 5.41) is 3.25. The molecule has 0 aromatic heterocycles. The van der Waals surface area contributed by atoms with E-state index in [4.69, 9.17) is 10.5 Å². The van der Waals surface area contributed by atoms with Crippen LogP contribution >= 0.6 is 0 Å². The average molecular weight is 294 g/mol. The van der Waals surface area contributed by atoms with Crippen molar-refractivity contribution in [3.63, 3.8) is 0 Å². The van der Waals surface area contributed by atoms with Crippen LogP contribution < -0.4 is 11.1 Å². The quantitative estimate of drug-likeness (QED) is 0.820. The fraction of sp³-hybridized carbons (Fsp3) is 0.941. The van der Waals surface area contributed by atoms with Crippen molar-refractivity contribution in [1.82, 2.24) is 5.32 Å². The van der Waals surface area contributed by atoms with Crippen LogP contribution in [0.3, 0.4) is 0 Å². The maximum Gasteiger partial charge on any atom is 0.241 e. The van der Waals surface area contributed by atoms with Gasteiger partial charge in [0.05, 0.1) is 6.10 Å². The Morgan fingerprint density at radius 2 is 1.86 bits per heavy atom. The summed E-state index contributed by atoms with van der Waals surface area (Å²) in [5.41, 5.74) is 5.59. The van der Waals surface area contributed by atoms with Gasteiger partial charge in [-0.1, -0.05) is 20.8 Å². The summed E-state index contributed by atoms with van der Waals surface area (Å²) < 4.78 is 5.88. The normalized spacial score (nSPS) is 45.3. The zero-order valence-electron chi connectivity index (χ0n) is 13.7. The number of hydrogen-bond acceptors (Lipinski definition) is 3. The maximum atomic E-state index is 12.9. The van der Waals surface area contributed by atoms with Gasteiger partial charge in [0.25, 0.3) is 0 Å². The molecule has 3 unspecified atom stereocenters. The Hall–Kier alpha value is -0.610.